The Labute approximate surface area is 127 Å². The van der Waals surface area contributed by atoms with Crippen molar-refractivity contribution in [2.24, 2.45) is 11.7 Å². The summed E-state index contributed by atoms with van der Waals surface area (Å²) in [6.07, 6.45) is 2.33. The summed E-state index contributed by atoms with van der Waals surface area (Å²) in [5, 5.41) is 3.04. The summed E-state index contributed by atoms with van der Waals surface area (Å²) < 4.78 is 0. The molecule has 0 aromatic heterocycles. The molecule has 0 aliphatic heterocycles. The monoisotopic (exact) mass is 289 g/mol. The van der Waals surface area contributed by atoms with E-state index in [1.807, 2.05) is 19.1 Å². The van der Waals surface area contributed by atoms with Crippen LogP contribution in [0.2, 0.25) is 0 Å². The Balaban J connectivity index is 2.08. The number of carbonyl (C=O) groups excluding carboxylic acids is 1. The standard InChI is InChI=1S/C17H27N3O/c1-12(2)11-19-17(21)13(3)20(16-8-9-16)15-6-4-14(10-18)5-7-15/h4-7,12-13,16H,8-11,18H2,1-3H3,(H,19,21). The first-order chi connectivity index (χ1) is 10.0. The number of nitrogens with one attached hydrogen (secondary N) is 1. The maximum Gasteiger partial charge on any atom is 0.242 e. The van der Waals surface area contributed by atoms with E-state index in [9.17, 15) is 4.79 Å². The lowest BCUT2D eigenvalue weighted by Crippen LogP contribution is -2.47. The fourth-order valence-corrected chi connectivity index (χ4v) is 2.49. The Morgan fingerprint density at radius 1 is 1.29 bits per heavy atom. The summed E-state index contributed by atoms with van der Waals surface area (Å²) in [6.45, 7) is 7.48. The van der Waals surface area contributed by atoms with Crippen LogP contribution in [-0.4, -0.2) is 24.5 Å². The fraction of sp³-hybridized carbons (Fsp3) is 0.588. The van der Waals surface area contributed by atoms with Crippen LogP contribution < -0.4 is 16.0 Å². The van der Waals surface area contributed by atoms with Crippen LogP contribution in [0.1, 0.15) is 39.2 Å². The van der Waals surface area contributed by atoms with Crippen molar-refractivity contribution in [3.63, 3.8) is 0 Å². The number of hydrogen-bond donors (Lipinski definition) is 2. The van der Waals surface area contributed by atoms with E-state index in [1.54, 1.807) is 0 Å². The third kappa shape index (κ3) is 4.21. The maximum atomic E-state index is 12.3. The summed E-state index contributed by atoms with van der Waals surface area (Å²) >= 11 is 0. The van der Waals surface area contributed by atoms with Crippen LogP contribution in [0.25, 0.3) is 0 Å². The third-order valence-corrected chi connectivity index (χ3v) is 3.89. The molecule has 0 heterocycles. The van der Waals surface area contributed by atoms with Crippen molar-refractivity contribution in [2.75, 3.05) is 11.4 Å². The van der Waals surface area contributed by atoms with Crippen molar-refractivity contribution in [1.29, 1.82) is 0 Å². The molecule has 1 saturated carbocycles. The van der Waals surface area contributed by atoms with Crippen molar-refractivity contribution >= 4 is 11.6 Å². The van der Waals surface area contributed by atoms with Crippen LogP contribution >= 0.6 is 0 Å². The zero-order valence-electron chi connectivity index (χ0n) is 13.3. The molecule has 1 aromatic carbocycles. The average Bonchev–Trinajstić information content (AvgIpc) is 3.30. The lowest BCUT2D eigenvalue weighted by molar-refractivity contribution is -0.122. The predicted molar refractivity (Wildman–Crippen MR) is 87.1 cm³/mol. The summed E-state index contributed by atoms with van der Waals surface area (Å²) in [6, 6.07) is 8.60. The second kappa shape index (κ2) is 6.94. The zero-order chi connectivity index (χ0) is 15.4. The average molecular weight is 289 g/mol. The molecular formula is C17H27N3O. The minimum atomic E-state index is -0.139. The van der Waals surface area contributed by atoms with Gasteiger partial charge in [-0.05, 0) is 43.4 Å². The minimum absolute atomic E-state index is 0.110. The van der Waals surface area contributed by atoms with Gasteiger partial charge in [0, 0.05) is 24.8 Å². The van der Waals surface area contributed by atoms with E-state index in [4.69, 9.17) is 5.73 Å². The molecule has 1 aliphatic rings. The van der Waals surface area contributed by atoms with Crippen molar-refractivity contribution in [1.82, 2.24) is 5.32 Å². The molecule has 3 N–H and O–H groups in total. The molecule has 1 aromatic rings. The first-order valence-electron chi connectivity index (χ1n) is 7.88. The third-order valence-electron chi connectivity index (χ3n) is 3.89. The van der Waals surface area contributed by atoms with E-state index in [-0.39, 0.29) is 11.9 Å². The van der Waals surface area contributed by atoms with Gasteiger partial charge in [0.05, 0.1) is 0 Å². The number of hydrogen-bond acceptors (Lipinski definition) is 3. The number of nitrogens with two attached hydrogens (primary N) is 1. The van der Waals surface area contributed by atoms with Gasteiger partial charge < -0.3 is 16.0 Å². The molecule has 1 fully saturated rings. The second-order valence-electron chi connectivity index (χ2n) is 6.32. The largest absolute Gasteiger partial charge is 0.357 e. The number of amides is 1. The van der Waals surface area contributed by atoms with E-state index in [0.29, 0.717) is 18.5 Å². The van der Waals surface area contributed by atoms with Crippen molar-refractivity contribution in [3.8, 4) is 0 Å². The first-order valence-corrected chi connectivity index (χ1v) is 7.88. The van der Waals surface area contributed by atoms with Crippen LogP contribution in [0.3, 0.4) is 0 Å². The van der Waals surface area contributed by atoms with Gasteiger partial charge >= 0.3 is 0 Å². The zero-order valence-corrected chi connectivity index (χ0v) is 13.3. The van der Waals surface area contributed by atoms with Gasteiger partial charge in [0.2, 0.25) is 5.91 Å². The molecule has 2 rings (SSSR count). The van der Waals surface area contributed by atoms with Crippen molar-refractivity contribution in [3.05, 3.63) is 29.8 Å². The summed E-state index contributed by atoms with van der Waals surface area (Å²) in [4.78, 5) is 14.6. The van der Waals surface area contributed by atoms with Crippen LogP contribution in [0.5, 0.6) is 0 Å². The van der Waals surface area contributed by atoms with E-state index in [1.165, 1.54) is 12.8 Å². The maximum absolute atomic E-state index is 12.3. The van der Waals surface area contributed by atoms with Crippen molar-refractivity contribution < 1.29 is 4.79 Å². The second-order valence-corrected chi connectivity index (χ2v) is 6.32. The molecular weight excluding hydrogens is 262 g/mol. The predicted octanol–water partition coefficient (Wildman–Crippen LogP) is 2.27. The molecule has 1 aliphatic carbocycles. The Bertz CT molecular complexity index is 465. The molecule has 1 amide bonds. The normalized spacial score (nSPS) is 15.9. The lowest BCUT2D eigenvalue weighted by atomic mass is 10.1. The van der Waals surface area contributed by atoms with Crippen molar-refractivity contribution in [2.45, 2.75) is 52.2 Å². The topological polar surface area (TPSA) is 58.4 Å². The Kier molecular flexibility index (Phi) is 5.23. The minimum Gasteiger partial charge on any atom is -0.357 e. The van der Waals surface area contributed by atoms with E-state index >= 15 is 0 Å². The first kappa shape index (κ1) is 15.8. The van der Waals surface area contributed by atoms with E-state index < -0.39 is 0 Å². The summed E-state index contributed by atoms with van der Waals surface area (Å²) in [5.74, 6) is 0.581. The lowest BCUT2D eigenvalue weighted by Gasteiger charge is -2.31. The van der Waals surface area contributed by atoms with Gasteiger partial charge in [-0.1, -0.05) is 26.0 Å². The molecule has 4 heteroatoms. The highest BCUT2D eigenvalue weighted by molar-refractivity contribution is 5.85. The van der Waals surface area contributed by atoms with Gasteiger partial charge in [0.1, 0.15) is 6.04 Å². The van der Waals surface area contributed by atoms with Gasteiger partial charge in [0.25, 0.3) is 0 Å². The van der Waals surface area contributed by atoms with Gasteiger partial charge in [-0.15, -0.1) is 0 Å². The highest BCUT2D eigenvalue weighted by atomic mass is 16.2. The molecule has 0 radical (unpaired) electrons. The smallest absolute Gasteiger partial charge is 0.242 e. The number of anilines is 1. The molecule has 1 atom stereocenters. The Hall–Kier alpha value is -1.55. The molecule has 0 saturated heterocycles. The van der Waals surface area contributed by atoms with Gasteiger partial charge in [-0.3, -0.25) is 4.79 Å². The van der Waals surface area contributed by atoms with E-state index in [0.717, 1.165) is 17.8 Å². The Morgan fingerprint density at radius 2 is 1.90 bits per heavy atom. The number of carbonyl (C=O) groups is 1. The highest BCUT2D eigenvalue weighted by Crippen LogP contribution is 2.33. The highest BCUT2D eigenvalue weighted by Gasteiger charge is 2.35. The number of benzene rings is 1. The van der Waals surface area contributed by atoms with Gasteiger partial charge in [-0.2, -0.15) is 0 Å². The summed E-state index contributed by atoms with van der Waals surface area (Å²) in [5.41, 5.74) is 7.88. The van der Waals surface area contributed by atoms with Gasteiger partial charge in [-0.25, -0.2) is 0 Å². The summed E-state index contributed by atoms with van der Waals surface area (Å²) in [7, 11) is 0. The molecule has 0 bridgehead atoms. The molecule has 116 valence electrons. The molecule has 4 nitrogen and oxygen atoms in total. The van der Waals surface area contributed by atoms with Crippen LogP contribution in [0, 0.1) is 5.92 Å². The number of nitrogens with zero attached hydrogens (tertiary/aromatic N) is 1. The van der Waals surface area contributed by atoms with Crippen LogP contribution in [-0.2, 0) is 11.3 Å². The van der Waals surface area contributed by atoms with Gasteiger partial charge in [0.15, 0.2) is 0 Å². The fourth-order valence-electron chi connectivity index (χ4n) is 2.49. The Morgan fingerprint density at radius 3 is 2.38 bits per heavy atom. The number of rotatable bonds is 7. The molecule has 21 heavy (non-hydrogen) atoms. The molecule has 0 spiro atoms. The quantitative estimate of drug-likeness (QED) is 0.809. The van der Waals surface area contributed by atoms with Crippen LogP contribution in [0.4, 0.5) is 5.69 Å². The molecule has 1 unspecified atom stereocenters. The van der Waals surface area contributed by atoms with E-state index in [2.05, 4.69) is 36.2 Å². The SMILES string of the molecule is CC(C)CNC(=O)C(C)N(c1ccc(CN)cc1)C1CC1. The van der Waals surface area contributed by atoms with Crippen LogP contribution in [0.15, 0.2) is 24.3 Å².